The summed E-state index contributed by atoms with van der Waals surface area (Å²) in [5, 5.41) is 4.84. The molecule has 4 aromatic rings. The van der Waals surface area contributed by atoms with Crippen LogP contribution in [-0.2, 0) is 12.0 Å². The Morgan fingerprint density at radius 3 is 2.37 bits per heavy atom. The minimum atomic E-state index is -2.88. The van der Waals surface area contributed by atoms with Crippen LogP contribution in [0.15, 0.2) is 70.5 Å². The van der Waals surface area contributed by atoms with Gasteiger partial charge in [-0.25, -0.2) is 4.98 Å². The van der Waals surface area contributed by atoms with Crippen molar-refractivity contribution >= 4 is 22.4 Å². The standard InChI is InChI=1S/C26H24F2N2O4S/c1-26(2,3)17-6-10-18(11-7-17)32-14-20-12-13-22(33-20)23(31)30-25-29-21(15-35-25)16-4-8-19(9-5-16)34-24(27)28/h4-13,15,24H,14H2,1-3H3,(H,29,30,31). The van der Waals surface area contributed by atoms with Crippen LogP contribution in [-0.4, -0.2) is 17.5 Å². The molecule has 0 spiro atoms. The summed E-state index contributed by atoms with van der Waals surface area (Å²) in [4.78, 5) is 16.9. The molecule has 6 nitrogen and oxygen atoms in total. The molecule has 0 bridgehead atoms. The number of nitrogens with one attached hydrogen (secondary N) is 1. The van der Waals surface area contributed by atoms with Gasteiger partial charge in [-0.3, -0.25) is 10.1 Å². The van der Waals surface area contributed by atoms with E-state index in [1.807, 2.05) is 24.3 Å². The summed E-state index contributed by atoms with van der Waals surface area (Å²) in [6.45, 7) is 3.76. The minimum absolute atomic E-state index is 0.0621. The zero-order valence-corrected chi connectivity index (χ0v) is 20.2. The molecule has 2 heterocycles. The van der Waals surface area contributed by atoms with Gasteiger partial charge in [0.2, 0.25) is 0 Å². The van der Waals surface area contributed by atoms with Crippen molar-refractivity contribution in [2.75, 3.05) is 5.32 Å². The molecule has 35 heavy (non-hydrogen) atoms. The summed E-state index contributed by atoms with van der Waals surface area (Å²) >= 11 is 1.24. The van der Waals surface area contributed by atoms with Crippen molar-refractivity contribution in [3.8, 4) is 22.8 Å². The fraction of sp³-hybridized carbons (Fsp3) is 0.231. The van der Waals surface area contributed by atoms with E-state index in [-0.39, 0.29) is 23.5 Å². The smallest absolute Gasteiger partial charge is 0.387 e. The number of furan rings is 1. The fourth-order valence-electron chi connectivity index (χ4n) is 3.21. The molecule has 1 amide bonds. The third-order valence-electron chi connectivity index (χ3n) is 5.09. The lowest BCUT2D eigenvalue weighted by Gasteiger charge is -2.19. The van der Waals surface area contributed by atoms with Gasteiger partial charge in [-0.1, -0.05) is 32.9 Å². The van der Waals surface area contributed by atoms with Crippen LogP contribution in [0.1, 0.15) is 42.6 Å². The van der Waals surface area contributed by atoms with E-state index >= 15 is 0 Å². The predicted octanol–water partition coefficient (Wildman–Crippen LogP) is 7.13. The second kappa shape index (κ2) is 10.3. The first kappa shape index (κ1) is 24.4. The summed E-state index contributed by atoms with van der Waals surface area (Å²) in [5.41, 5.74) is 2.58. The van der Waals surface area contributed by atoms with Crippen LogP contribution < -0.4 is 14.8 Å². The van der Waals surface area contributed by atoms with Gasteiger partial charge in [-0.05, 0) is 59.5 Å². The molecule has 2 aromatic heterocycles. The van der Waals surface area contributed by atoms with Crippen LogP contribution in [0.3, 0.4) is 0 Å². The first-order valence-corrected chi connectivity index (χ1v) is 11.7. The molecule has 4 rings (SSSR count). The summed E-state index contributed by atoms with van der Waals surface area (Å²) in [6.07, 6.45) is 0. The molecule has 0 saturated carbocycles. The molecule has 1 N–H and O–H groups in total. The number of carbonyl (C=O) groups excluding carboxylic acids is 1. The van der Waals surface area contributed by atoms with Crippen LogP contribution in [0.25, 0.3) is 11.3 Å². The van der Waals surface area contributed by atoms with Gasteiger partial charge in [0.05, 0.1) is 5.69 Å². The Bertz CT molecular complexity index is 1280. The quantitative estimate of drug-likeness (QED) is 0.280. The van der Waals surface area contributed by atoms with E-state index in [9.17, 15) is 13.6 Å². The molecular weight excluding hydrogens is 474 g/mol. The van der Waals surface area contributed by atoms with Crippen molar-refractivity contribution in [3.63, 3.8) is 0 Å². The van der Waals surface area contributed by atoms with Crippen LogP contribution in [0, 0.1) is 0 Å². The number of rotatable bonds is 8. The van der Waals surface area contributed by atoms with Crippen LogP contribution in [0.2, 0.25) is 0 Å². The Kier molecular flexibility index (Phi) is 7.16. The van der Waals surface area contributed by atoms with Crippen molar-refractivity contribution in [1.82, 2.24) is 4.98 Å². The first-order valence-electron chi connectivity index (χ1n) is 10.8. The molecule has 2 aromatic carbocycles. The number of thiazole rings is 1. The monoisotopic (exact) mass is 498 g/mol. The van der Waals surface area contributed by atoms with Crippen LogP contribution in [0.4, 0.5) is 13.9 Å². The Balaban J connectivity index is 1.32. The number of ether oxygens (including phenoxy) is 2. The molecule has 0 radical (unpaired) electrons. The van der Waals surface area contributed by atoms with Crippen molar-refractivity contribution in [1.29, 1.82) is 0 Å². The highest BCUT2D eigenvalue weighted by Gasteiger charge is 2.16. The SMILES string of the molecule is CC(C)(C)c1ccc(OCc2ccc(C(=O)Nc3nc(-c4ccc(OC(F)F)cc4)cs3)o2)cc1. The fourth-order valence-corrected chi connectivity index (χ4v) is 3.93. The van der Waals surface area contributed by atoms with Gasteiger partial charge in [0.25, 0.3) is 5.91 Å². The molecule has 0 fully saturated rings. The number of halogens is 2. The number of benzene rings is 2. The van der Waals surface area contributed by atoms with E-state index in [0.29, 0.717) is 27.9 Å². The van der Waals surface area contributed by atoms with E-state index < -0.39 is 12.5 Å². The predicted molar refractivity (Wildman–Crippen MR) is 130 cm³/mol. The maximum absolute atomic E-state index is 12.6. The van der Waals surface area contributed by atoms with Crippen molar-refractivity contribution in [3.05, 3.63) is 83.1 Å². The maximum atomic E-state index is 12.6. The zero-order chi connectivity index (χ0) is 25.0. The lowest BCUT2D eigenvalue weighted by molar-refractivity contribution is -0.0498. The minimum Gasteiger partial charge on any atom is -0.486 e. The van der Waals surface area contributed by atoms with Crippen molar-refractivity contribution < 1.29 is 27.5 Å². The number of anilines is 1. The van der Waals surface area contributed by atoms with Crippen LogP contribution >= 0.6 is 11.3 Å². The van der Waals surface area contributed by atoms with Crippen molar-refractivity contribution in [2.45, 2.75) is 39.4 Å². The van der Waals surface area contributed by atoms with Gasteiger partial charge in [0.1, 0.15) is 23.9 Å². The van der Waals surface area contributed by atoms with Crippen LogP contribution in [0.5, 0.6) is 11.5 Å². The lowest BCUT2D eigenvalue weighted by atomic mass is 9.87. The maximum Gasteiger partial charge on any atom is 0.387 e. The van der Waals surface area contributed by atoms with Gasteiger partial charge in [-0.2, -0.15) is 8.78 Å². The molecule has 0 saturated heterocycles. The molecular formula is C26H24F2N2O4S. The second-order valence-corrected chi connectivity index (χ2v) is 9.58. The number of hydrogen-bond donors (Lipinski definition) is 1. The second-order valence-electron chi connectivity index (χ2n) is 8.72. The van der Waals surface area contributed by atoms with E-state index in [4.69, 9.17) is 9.15 Å². The molecule has 0 aliphatic rings. The third-order valence-corrected chi connectivity index (χ3v) is 5.84. The van der Waals surface area contributed by atoms with E-state index in [2.05, 4.69) is 35.8 Å². The number of carbonyl (C=O) groups is 1. The molecule has 0 unspecified atom stereocenters. The number of nitrogens with zero attached hydrogens (tertiary/aromatic N) is 1. The molecule has 0 aliphatic carbocycles. The average molecular weight is 499 g/mol. The average Bonchev–Trinajstić information content (AvgIpc) is 3.47. The Hall–Kier alpha value is -3.72. The highest BCUT2D eigenvalue weighted by Crippen LogP contribution is 2.28. The number of hydrogen-bond acceptors (Lipinski definition) is 6. The number of amides is 1. The van der Waals surface area contributed by atoms with Crippen molar-refractivity contribution in [2.24, 2.45) is 0 Å². The van der Waals surface area contributed by atoms with E-state index in [0.717, 1.165) is 0 Å². The molecule has 9 heteroatoms. The highest BCUT2D eigenvalue weighted by molar-refractivity contribution is 7.14. The Labute approximate surface area is 205 Å². The summed E-state index contributed by atoms with van der Waals surface area (Å²) in [5.74, 6) is 0.988. The molecule has 0 atom stereocenters. The number of alkyl halides is 2. The summed E-state index contributed by atoms with van der Waals surface area (Å²) in [7, 11) is 0. The Morgan fingerprint density at radius 1 is 1.03 bits per heavy atom. The van der Waals surface area contributed by atoms with Gasteiger partial charge in [0.15, 0.2) is 10.9 Å². The first-order chi connectivity index (χ1) is 16.7. The third kappa shape index (κ3) is 6.45. The van der Waals surface area contributed by atoms with Gasteiger partial charge in [0, 0.05) is 10.9 Å². The van der Waals surface area contributed by atoms with E-state index in [1.54, 1.807) is 29.6 Å². The summed E-state index contributed by atoms with van der Waals surface area (Å²) < 4.78 is 40.3. The number of aromatic nitrogens is 1. The van der Waals surface area contributed by atoms with Gasteiger partial charge in [-0.15, -0.1) is 11.3 Å². The molecule has 182 valence electrons. The zero-order valence-electron chi connectivity index (χ0n) is 19.4. The summed E-state index contributed by atoms with van der Waals surface area (Å²) in [6, 6.07) is 17.3. The topological polar surface area (TPSA) is 73.6 Å². The van der Waals surface area contributed by atoms with Gasteiger partial charge < -0.3 is 13.9 Å². The largest absolute Gasteiger partial charge is 0.486 e. The highest BCUT2D eigenvalue weighted by atomic mass is 32.1. The van der Waals surface area contributed by atoms with E-state index in [1.165, 1.54) is 29.0 Å². The Morgan fingerprint density at radius 2 is 1.71 bits per heavy atom. The van der Waals surface area contributed by atoms with Gasteiger partial charge >= 0.3 is 6.61 Å². The lowest BCUT2D eigenvalue weighted by Crippen LogP contribution is -2.10. The molecule has 0 aliphatic heterocycles. The normalized spacial score (nSPS) is 11.5.